The third kappa shape index (κ3) is 4.11. The highest BCUT2D eigenvalue weighted by molar-refractivity contribution is 6.33. The lowest BCUT2D eigenvalue weighted by Gasteiger charge is -2.30. The molecular weight excluding hydrogens is 297 g/mol. The Labute approximate surface area is 130 Å². The number of hydrogen-bond donors (Lipinski definition) is 1. The molecule has 20 heavy (non-hydrogen) atoms. The van der Waals surface area contributed by atoms with E-state index in [1.165, 1.54) is 0 Å². The van der Waals surface area contributed by atoms with Gasteiger partial charge in [-0.25, -0.2) is 4.79 Å². The molecule has 1 unspecified atom stereocenters. The van der Waals surface area contributed by atoms with Crippen LogP contribution in [0.4, 0.5) is 0 Å². The monoisotopic (exact) mass is 317 g/mol. The van der Waals surface area contributed by atoms with Gasteiger partial charge >= 0.3 is 5.97 Å². The molecule has 1 atom stereocenters. The summed E-state index contributed by atoms with van der Waals surface area (Å²) in [5.41, 5.74) is -0.381. The van der Waals surface area contributed by atoms with Crippen LogP contribution in [0.15, 0.2) is 18.2 Å². The van der Waals surface area contributed by atoms with Gasteiger partial charge in [-0.2, -0.15) is 0 Å². The fourth-order valence-corrected chi connectivity index (χ4v) is 2.32. The van der Waals surface area contributed by atoms with Crippen molar-refractivity contribution in [2.75, 3.05) is 13.2 Å². The topological polar surface area (TPSA) is 38.3 Å². The average molecular weight is 318 g/mol. The molecule has 1 rings (SSSR count). The van der Waals surface area contributed by atoms with Gasteiger partial charge in [-0.05, 0) is 44.5 Å². The molecule has 112 valence electrons. The van der Waals surface area contributed by atoms with E-state index in [0.29, 0.717) is 34.7 Å². The van der Waals surface area contributed by atoms with Crippen LogP contribution in [-0.4, -0.2) is 19.1 Å². The van der Waals surface area contributed by atoms with Gasteiger partial charge in [0.05, 0.1) is 6.61 Å². The lowest BCUT2D eigenvalue weighted by Crippen LogP contribution is -2.49. The zero-order valence-electron chi connectivity index (χ0n) is 12.3. The molecular formula is C15H21Cl2NO2. The zero-order valence-corrected chi connectivity index (χ0v) is 13.8. The first-order valence-corrected chi connectivity index (χ1v) is 7.44. The Hall–Kier alpha value is -0.770. The van der Waals surface area contributed by atoms with Gasteiger partial charge in [0.15, 0.2) is 0 Å². The second-order valence-corrected chi connectivity index (χ2v) is 6.09. The predicted molar refractivity (Wildman–Crippen MR) is 83.3 cm³/mol. The van der Waals surface area contributed by atoms with Gasteiger partial charge in [-0.15, -0.1) is 0 Å². The van der Waals surface area contributed by atoms with Crippen molar-refractivity contribution in [2.24, 2.45) is 5.92 Å². The van der Waals surface area contributed by atoms with E-state index in [9.17, 15) is 4.79 Å². The molecule has 0 aliphatic heterocycles. The first-order chi connectivity index (χ1) is 9.31. The minimum absolute atomic E-state index is 0.315. The largest absolute Gasteiger partial charge is 0.464 e. The van der Waals surface area contributed by atoms with Crippen molar-refractivity contribution in [2.45, 2.75) is 33.2 Å². The maximum Gasteiger partial charge on any atom is 0.330 e. The molecule has 0 bridgehead atoms. The number of nitrogens with one attached hydrogen (secondary N) is 1. The molecule has 1 aromatic carbocycles. The molecule has 0 saturated carbocycles. The molecule has 0 amide bonds. The van der Waals surface area contributed by atoms with Gasteiger partial charge in [-0.1, -0.05) is 37.0 Å². The van der Waals surface area contributed by atoms with E-state index >= 15 is 0 Å². The molecule has 0 saturated heterocycles. The average Bonchev–Trinajstić information content (AvgIpc) is 2.39. The molecule has 0 radical (unpaired) electrons. The lowest BCUT2D eigenvalue weighted by atomic mass is 9.91. The Balaban J connectivity index is 3.21. The van der Waals surface area contributed by atoms with E-state index in [4.69, 9.17) is 27.9 Å². The molecule has 1 aromatic rings. The Kier molecular flexibility index (Phi) is 6.31. The third-order valence-corrected chi connectivity index (χ3v) is 3.58. The first-order valence-electron chi connectivity index (χ1n) is 6.69. The van der Waals surface area contributed by atoms with Crippen molar-refractivity contribution in [1.82, 2.24) is 5.32 Å². The Morgan fingerprint density at radius 2 is 2.05 bits per heavy atom. The summed E-state index contributed by atoms with van der Waals surface area (Å²) in [5.74, 6) is 0.0338. The van der Waals surface area contributed by atoms with E-state index in [1.54, 1.807) is 32.0 Å². The third-order valence-electron chi connectivity index (χ3n) is 3.01. The van der Waals surface area contributed by atoms with Crippen LogP contribution >= 0.6 is 23.2 Å². The van der Waals surface area contributed by atoms with Crippen LogP contribution < -0.4 is 5.32 Å². The molecule has 0 heterocycles. The summed E-state index contributed by atoms with van der Waals surface area (Å²) < 4.78 is 5.19. The van der Waals surface area contributed by atoms with Crippen LogP contribution in [0, 0.1) is 5.92 Å². The number of carbonyl (C=O) groups excluding carboxylic acids is 1. The summed E-state index contributed by atoms with van der Waals surface area (Å²) in [5, 5.41) is 4.27. The van der Waals surface area contributed by atoms with Gasteiger partial charge in [0.1, 0.15) is 5.54 Å². The highest BCUT2D eigenvalue weighted by Gasteiger charge is 2.38. The van der Waals surface area contributed by atoms with Crippen LogP contribution in [0.1, 0.15) is 33.3 Å². The van der Waals surface area contributed by atoms with Crippen LogP contribution in [0.5, 0.6) is 0 Å². The SMILES string of the molecule is CCOC(=O)C(C)(NCC(C)C)c1cc(Cl)ccc1Cl. The number of rotatable bonds is 6. The molecule has 0 aliphatic rings. The van der Waals surface area contributed by atoms with Gasteiger partial charge in [0.2, 0.25) is 0 Å². The molecule has 0 aliphatic carbocycles. The van der Waals surface area contributed by atoms with E-state index in [2.05, 4.69) is 19.2 Å². The number of carbonyl (C=O) groups is 1. The van der Waals surface area contributed by atoms with Gasteiger partial charge in [0.25, 0.3) is 0 Å². The molecule has 5 heteroatoms. The maximum absolute atomic E-state index is 12.4. The highest BCUT2D eigenvalue weighted by atomic mass is 35.5. The second kappa shape index (κ2) is 7.30. The van der Waals surface area contributed by atoms with Gasteiger partial charge in [0, 0.05) is 15.6 Å². The minimum Gasteiger partial charge on any atom is -0.464 e. The summed E-state index contributed by atoms with van der Waals surface area (Å²) in [6, 6.07) is 5.09. The number of benzene rings is 1. The molecule has 0 spiro atoms. The zero-order chi connectivity index (χ0) is 15.3. The van der Waals surface area contributed by atoms with Crippen molar-refractivity contribution in [3.8, 4) is 0 Å². The number of halogens is 2. The van der Waals surface area contributed by atoms with E-state index in [1.807, 2.05) is 0 Å². The quantitative estimate of drug-likeness (QED) is 0.805. The lowest BCUT2D eigenvalue weighted by molar-refractivity contribution is -0.151. The van der Waals surface area contributed by atoms with Crippen LogP contribution in [-0.2, 0) is 15.1 Å². The normalized spacial score (nSPS) is 14.2. The number of ether oxygens (including phenoxy) is 1. The van der Waals surface area contributed by atoms with Crippen LogP contribution in [0.2, 0.25) is 10.0 Å². The summed E-state index contributed by atoms with van der Waals surface area (Å²) >= 11 is 12.3. The summed E-state index contributed by atoms with van der Waals surface area (Å²) in [7, 11) is 0. The van der Waals surface area contributed by atoms with Crippen molar-refractivity contribution in [1.29, 1.82) is 0 Å². The van der Waals surface area contributed by atoms with Crippen molar-refractivity contribution in [3.05, 3.63) is 33.8 Å². The van der Waals surface area contributed by atoms with Crippen molar-refractivity contribution < 1.29 is 9.53 Å². The summed E-state index contributed by atoms with van der Waals surface area (Å²) in [6.07, 6.45) is 0. The number of hydrogen-bond acceptors (Lipinski definition) is 3. The second-order valence-electron chi connectivity index (χ2n) is 5.24. The Bertz CT molecular complexity index is 477. The van der Waals surface area contributed by atoms with E-state index < -0.39 is 5.54 Å². The fraction of sp³-hybridized carbons (Fsp3) is 0.533. The predicted octanol–water partition coefficient (Wildman–Crippen LogP) is 4.02. The van der Waals surface area contributed by atoms with Crippen molar-refractivity contribution >= 4 is 29.2 Å². The smallest absolute Gasteiger partial charge is 0.330 e. The molecule has 0 aromatic heterocycles. The van der Waals surface area contributed by atoms with Gasteiger partial charge < -0.3 is 4.74 Å². The molecule has 3 nitrogen and oxygen atoms in total. The van der Waals surface area contributed by atoms with Gasteiger partial charge in [-0.3, -0.25) is 5.32 Å². The van der Waals surface area contributed by atoms with Crippen LogP contribution in [0.3, 0.4) is 0 Å². The van der Waals surface area contributed by atoms with E-state index in [0.717, 1.165) is 0 Å². The standard InChI is InChI=1S/C15H21Cl2NO2/c1-5-20-14(19)15(4,18-9-10(2)3)12-8-11(16)6-7-13(12)17/h6-8,10,18H,5,9H2,1-4H3. The molecule has 1 N–H and O–H groups in total. The minimum atomic E-state index is -1.01. The summed E-state index contributed by atoms with van der Waals surface area (Å²) in [4.78, 5) is 12.4. The molecule has 0 fully saturated rings. The van der Waals surface area contributed by atoms with Crippen LogP contribution in [0.25, 0.3) is 0 Å². The first kappa shape index (κ1) is 17.3. The van der Waals surface area contributed by atoms with Crippen molar-refractivity contribution in [3.63, 3.8) is 0 Å². The summed E-state index contributed by atoms with van der Waals surface area (Å²) in [6.45, 7) is 8.66. The fourth-order valence-electron chi connectivity index (χ4n) is 1.84. The maximum atomic E-state index is 12.4. The number of esters is 1. The Morgan fingerprint density at radius 1 is 1.40 bits per heavy atom. The Morgan fingerprint density at radius 3 is 2.60 bits per heavy atom. The van der Waals surface area contributed by atoms with E-state index in [-0.39, 0.29) is 5.97 Å². The highest BCUT2D eigenvalue weighted by Crippen LogP contribution is 2.32.